The molecule has 1 heterocycles. The molecule has 0 saturated carbocycles. The molecule has 2 nitrogen and oxygen atoms in total. The van der Waals surface area contributed by atoms with Crippen molar-refractivity contribution in [1.29, 1.82) is 0 Å². The summed E-state index contributed by atoms with van der Waals surface area (Å²) in [6.07, 6.45) is 6.86. The number of nitrogens with one attached hydrogen (secondary N) is 1. The standard InChI is InChI=1S/C19H30N2/c1-4-5-11-21-15-18(13-17-9-7-6-8-10-17)20-14-19(21)12-16(2)3/h4-10,16,18-20H,11-15H2,1-3H3/b5-4+. The van der Waals surface area contributed by atoms with Crippen molar-refractivity contribution in [2.75, 3.05) is 19.6 Å². The molecular formula is C19H30N2. The predicted octanol–water partition coefficient (Wildman–Crippen LogP) is 3.49. The molecule has 2 atom stereocenters. The lowest BCUT2D eigenvalue weighted by Crippen LogP contribution is -2.57. The van der Waals surface area contributed by atoms with Crippen LogP contribution >= 0.6 is 0 Å². The van der Waals surface area contributed by atoms with E-state index >= 15 is 0 Å². The maximum Gasteiger partial charge on any atom is 0.0236 e. The van der Waals surface area contributed by atoms with Gasteiger partial charge in [-0.25, -0.2) is 0 Å². The molecule has 1 aliphatic rings. The van der Waals surface area contributed by atoms with E-state index in [1.165, 1.54) is 12.0 Å². The first-order valence-corrected chi connectivity index (χ1v) is 8.31. The van der Waals surface area contributed by atoms with E-state index in [9.17, 15) is 0 Å². The SMILES string of the molecule is C/C=C/CN1CC(Cc2ccccc2)NCC1CC(C)C. The summed E-state index contributed by atoms with van der Waals surface area (Å²) in [5, 5.41) is 3.76. The molecule has 1 aliphatic heterocycles. The van der Waals surface area contributed by atoms with Gasteiger partial charge in [0.25, 0.3) is 0 Å². The number of hydrogen-bond donors (Lipinski definition) is 1. The molecule has 0 bridgehead atoms. The molecule has 0 aromatic heterocycles. The van der Waals surface area contributed by atoms with Crippen LogP contribution in [0.1, 0.15) is 32.8 Å². The number of hydrogen-bond acceptors (Lipinski definition) is 2. The van der Waals surface area contributed by atoms with Gasteiger partial charge in [-0.15, -0.1) is 0 Å². The van der Waals surface area contributed by atoms with Crippen LogP contribution in [0.25, 0.3) is 0 Å². The third kappa shape index (κ3) is 5.29. The van der Waals surface area contributed by atoms with Crippen molar-refractivity contribution in [1.82, 2.24) is 10.2 Å². The molecule has 1 fully saturated rings. The van der Waals surface area contributed by atoms with E-state index in [0.717, 1.165) is 32.0 Å². The van der Waals surface area contributed by atoms with Crippen molar-refractivity contribution in [2.45, 2.75) is 45.7 Å². The van der Waals surface area contributed by atoms with Gasteiger partial charge in [-0.05, 0) is 31.2 Å². The molecule has 21 heavy (non-hydrogen) atoms. The number of benzene rings is 1. The van der Waals surface area contributed by atoms with Gasteiger partial charge < -0.3 is 5.32 Å². The van der Waals surface area contributed by atoms with E-state index in [2.05, 4.69) is 73.5 Å². The number of allylic oxidation sites excluding steroid dienone is 1. The summed E-state index contributed by atoms with van der Waals surface area (Å²) in [7, 11) is 0. The fourth-order valence-corrected chi connectivity index (χ4v) is 3.20. The summed E-state index contributed by atoms with van der Waals surface area (Å²) in [6, 6.07) is 12.1. The number of nitrogens with zero attached hydrogens (tertiary/aromatic N) is 1. The van der Waals surface area contributed by atoms with Crippen molar-refractivity contribution in [3.8, 4) is 0 Å². The van der Waals surface area contributed by atoms with Crippen molar-refractivity contribution >= 4 is 0 Å². The molecule has 0 radical (unpaired) electrons. The molecule has 1 N–H and O–H groups in total. The van der Waals surface area contributed by atoms with Crippen molar-refractivity contribution in [3.05, 3.63) is 48.0 Å². The van der Waals surface area contributed by atoms with E-state index < -0.39 is 0 Å². The molecule has 0 aliphatic carbocycles. The number of piperazine rings is 1. The Bertz CT molecular complexity index is 424. The van der Waals surface area contributed by atoms with Crippen LogP contribution in [0.4, 0.5) is 0 Å². The Balaban J connectivity index is 1.95. The second-order valence-electron chi connectivity index (χ2n) is 6.60. The average molecular weight is 286 g/mol. The highest BCUT2D eigenvalue weighted by Crippen LogP contribution is 2.17. The van der Waals surface area contributed by atoms with Crippen LogP contribution in [-0.4, -0.2) is 36.6 Å². The van der Waals surface area contributed by atoms with E-state index in [1.807, 2.05) is 0 Å². The maximum absolute atomic E-state index is 3.76. The minimum absolute atomic E-state index is 0.570. The normalized spacial score (nSPS) is 24.0. The lowest BCUT2D eigenvalue weighted by molar-refractivity contribution is 0.127. The summed E-state index contributed by atoms with van der Waals surface area (Å²) in [6.45, 7) is 10.1. The van der Waals surface area contributed by atoms with Crippen LogP contribution in [0, 0.1) is 5.92 Å². The van der Waals surface area contributed by atoms with Crippen molar-refractivity contribution in [3.63, 3.8) is 0 Å². The van der Waals surface area contributed by atoms with Gasteiger partial charge in [0, 0.05) is 31.7 Å². The van der Waals surface area contributed by atoms with Gasteiger partial charge in [-0.2, -0.15) is 0 Å². The Morgan fingerprint density at radius 2 is 2.05 bits per heavy atom. The topological polar surface area (TPSA) is 15.3 Å². The molecule has 2 unspecified atom stereocenters. The van der Waals surface area contributed by atoms with Gasteiger partial charge in [-0.1, -0.05) is 56.3 Å². The maximum atomic E-state index is 3.76. The Hall–Kier alpha value is -1.12. The minimum atomic E-state index is 0.570. The van der Waals surface area contributed by atoms with Crippen LogP contribution in [0.15, 0.2) is 42.5 Å². The zero-order valence-electron chi connectivity index (χ0n) is 13.8. The van der Waals surface area contributed by atoms with E-state index in [4.69, 9.17) is 0 Å². The summed E-state index contributed by atoms with van der Waals surface area (Å²) in [5.74, 6) is 0.760. The second kappa shape index (κ2) is 8.35. The zero-order chi connectivity index (χ0) is 15.1. The second-order valence-corrected chi connectivity index (χ2v) is 6.60. The van der Waals surface area contributed by atoms with Gasteiger partial charge in [0.15, 0.2) is 0 Å². The van der Waals surface area contributed by atoms with E-state index in [1.54, 1.807) is 0 Å². The quantitative estimate of drug-likeness (QED) is 0.805. The van der Waals surface area contributed by atoms with Gasteiger partial charge in [0.05, 0.1) is 0 Å². The van der Waals surface area contributed by atoms with Crippen LogP contribution < -0.4 is 5.32 Å². The van der Waals surface area contributed by atoms with Crippen LogP contribution in [0.3, 0.4) is 0 Å². The molecule has 0 spiro atoms. The number of rotatable bonds is 6. The summed E-state index contributed by atoms with van der Waals surface area (Å²) in [5.41, 5.74) is 1.43. The molecule has 1 aromatic rings. The highest BCUT2D eigenvalue weighted by atomic mass is 15.2. The van der Waals surface area contributed by atoms with Crippen molar-refractivity contribution in [2.24, 2.45) is 5.92 Å². The predicted molar refractivity (Wildman–Crippen MR) is 91.6 cm³/mol. The fourth-order valence-electron chi connectivity index (χ4n) is 3.20. The molecule has 2 rings (SSSR count). The average Bonchev–Trinajstić information content (AvgIpc) is 2.48. The van der Waals surface area contributed by atoms with Gasteiger partial charge >= 0.3 is 0 Å². The summed E-state index contributed by atoms with van der Waals surface area (Å²) < 4.78 is 0. The molecule has 2 heteroatoms. The largest absolute Gasteiger partial charge is 0.311 e. The first-order chi connectivity index (χ1) is 10.2. The third-order valence-electron chi connectivity index (χ3n) is 4.26. The first kappa shape index (κ1) is 16.3. The van der Waals surface area contributed by atoms with Gasteiger partial charge in [0.2, 0.25) is 0 Å². The summed E-state index contributed by atoms with van der Waals surface area (Å²) >= 11 is 0. The monoisotopic (exact) mass is 286 g/mol. The Kier molecular flexibility index (Phi) is 6.47. The smallest absolute Gasteiger partial charge is 0.0236 e. The lowest BCUT2D eigenvalue weighted by Gasteiger charge is -2.41. The van der Waals surface area contributed by atoms with Gasteiger partial charge in [-0.3, -0.25) is 4.90 Å². The Morgan fingerprint density at radius 1 is 1.29 bits per heavy atom. The molecule has 116 valence electrons. The zero-order valence-corrected chi connectivity index (χ0v) is 13.8. The van der Waals surface area contributed by atoms with E-state index in [0.29, 0.717) is 12.1 Å². The summed E-state index contributed by atoms with van der Waals surface area (Å²) in [4.78, 5) is 2.66. The lowest BCUT2D eigenvalue weighted by atomic mass is 9.96. The molecule has 0 amide bonds. The highest BCUT2D eigenvalue weighted by Gasteiger charge is 2.27. The Morgan fingerprint density at radius 3 is 2.71 bits per heavy atom. The Labute approximate surface area is 130 Å². The van der Waals surface area contributed by atoms with Gasteiger partial charge in [0.1, 0.15) is 0 Å². The first-order valence-electron chi connectivity index (χ1n) is 8.31. The van der Waals surface area contributed by atoms with Crippen LogP contribution in [-0.2, 0) is 6.42 Å². The van der Waals surface area contributed by atoms with Crippen LogP contribution in [0.5, 0.6) is 0 Å². The fraction of sp³-hybridized carbons (Fsp3) is 0.579. The minimum Gasteiger partial charge on any atom is -0.311 e. The third-order valence-corrected chi connectivity index (χ3v) is 4.26. The molecule has 1 aromatic carbocycles. The van der Waals surface area contributed by atoms with Crippen molar-refractivity contribution < 1.29 is 0 Å². The van der Waals surface area contributed by atoms with E-state index in [-0.39, 0.29) is 0 Å². The molecule has 1 saturated heterocycles. The molecular weight excluding hydrogens is 256 g/mol. The highest BCUT2D eigenvalue weighted by molar-refractivity contribution is 5.16. The van der Waals surface area contributed by atoms with Crippen LogP contribution in [0.2, 0.25) is 0 Å².